The Morgan fingerprint density at radius 3 is 2.42 bits per heavy atom. The molecule has 0 atom stereocenters. The Bertz CT molecular complexity index is 395. The average molecular weight is 262 g/mol. The van der Waals surface area contributed by atoms with Gasteiger partial charge in [-0.2, -0.15) is 0 Å². The van der Waals surface area contributed by atoms with E-state index in [4.69, 9.17) is 4.98 Å². The molecule has 2 heterocycles. The van der Waals surface area contributed by atoms with Gasteiger partial charge in [-0.05, 0) is 19.8 Å². The van der Waals surface area contributed by atoms with Gasteiger partial charge < -0.3 is 10.2 Å². The highest BCUT2D eigenvalue weighted by atomic mass is 15.2. The zero-order valence-electron chi connectivity index (χ0n) is 12.4. The van der Waals surface area contributed by atoms with Crippen LogP contribution in [0.5, 0.6) is 0 Å². The van der Waals surface area contributed by atoms with Gasteiger partial charge in [0.1, 0.15) is 17.5 Å². The topological polar surface area (TPSA) is 41.0 Å². The summed E-state index contributed by atoms with van der Waals surface area (Å²) in [6.07, 6.45) is 5.24. The molecule has 1 aliphatic rings. The predicted octanol–water partition coefficient (Wildman–Crippen LogP) is 3.41. The van der Waals surface area contributed by atoms with Crippen molar-refractivity contribution < 1.29 is 0 Å². The van der Waals surface area contributed by atoms with Crippen LogP contribution in [0, 0.1) is 0 Å². The molecule has 0 spiro atoms. The van der Waals surface area contributed by atoms with Crippen LogP contribution in [0.3, 0.4) is 0 Å². The maximum atomic E-state index is 4.76. The standard InChI is InChI=1S/C15H26N4/c1-4-16-13-11-14(18-15(17-13)12(2)3)19-9-7-5-6-8-10-19/h11-12H,4-10H2,1-3H3,(H,16,17,18). The minimum atomic E-state index is 0.365. The summed E-state index contributed by atoms with van der Waals surface area (Å²) in [5.41, 5.74) is 0. The third-order valence-electron chi connectivity index (χ3n) is 3.53. The molecule has 1 N–H and O–H groups in total. The van der Waals surface area contributed by atoms with Crippen LogP contribution in [0.4, 0.5) is 11.6 Å². The molecule has 106 valence electrons. The Balaban J connectivity index is 2.26. The molecule has 0 aliphatic carbocycles. The molecule has 0 saturated carbocycles. The maximum Gasteiger partial charge on any atom is 0.135 e. The van der Waals surface area contributed by atoms with Crippen molar-refractivity contribution in [3.63, 3.8) is 0 Å². The van der Waals surface area contributed by atoms with Crippen molar-refractivity contribution in [1.82, 2.24) is 9.97 Å². The summed E-state index contributed by atoms with van der Waals surface area (Å²) in [7, 11) is 0. The first-order chi connectivity index (χ1) is 9.20. The van der Waals surface area contributed by atoms with Gasteiger partial charge in [0.25, 0.3) is 0 Å². The number of nitrogens with zero attached hydrogens (tertiary/aromatic N) is 3. The Hall–Kier alpha value is -1.32. The van der Waals surface area contributed by atoms with E-state index >= 15 is 0 Å². The quantitative estimate of drug-likeness (QED) is 0.902. The lowest BCUT2D eigenvalue weighted by molar-refractivity contribution is 0.726. The normalized spacial score (nSPS) is 16.5. The van der Waals surface area contributed by atoms with Gasteiger partial charge in [-0.3, -0.25) is 0 Å². The molecule has 0 radical (unpaired) electrons. The molecule has 4 nitrogen and oxygen atoms in total. The van der Waals surface area contributed by atoms with Crippen LogP contribution in [0.1, 0.15) is 58.2 Å². The summed E-state index contributed by atoms with van der Waals surface area (Å²) in [6, 6.07) is 2.10. The fourth-order valence-corrected chi connectivity index (χ4v) is 2.44. The monoisotopic (exact) mass is 262 g/mol. The summed E-state index contributed by atoms with van der Waals surface area (Å²) in [5, 5.41) is 3.32. The van der Waals surface area contributed by atoms with Crippen molar-refractivity contribution in [2.75, 3.05) is 29.9 Å². The number of hydrogen-bond acceptors (Lipinski definition) is 4. The first-order valence-electron chi connectivity index (χ1n) is 7.58. The van der Waals surface area contributed by atoms with E-state index in [1.165, 1.54) is 25.7 Å². The second-order valence-corrected chi connectivity index (χ2v) is 5.56. The van der Waals surface area contributed by atoms with Gasteiger partial charge in [0.15, 0.2) is 0 Å². The molecule has 0 aromatic carbocycles. The SMILES string of the molecule is CCNc1cc(N2CCCCCC2)nc(C(C)C)n1. The van der Waals surface area contributed by atoms with Crippen LogP contribution in [0.15, 0.2) is 6.07 Å². The number of hydrogen-bond donors (Lipinski definition) is 1. The van der Waals surface area contributed by atoms with Crippen molar-refractivity contribution in [3.05, 3.63) is 11.9 Å². The van der Waals surface area contributed by atoms with E-state index in [0.717, 1.165) is 37.1 Å². The second-order valence-electron chi connectivity index (χ2n) is 5.56. The van der Waals surface area contributed by atoms with Crippen LogP contribution in [-0.2, 0) is 0 Å². The Kier molecular flexibility index (Phi) is 5.00. The van der Waals surface area contributed by atoms with Crippen LogP contribution in [0.25, 0.3) is 0 Å². The highest BCUT2D eigenvalue weighted by Gasteiger charge is 2.14. The minimum absolute atomic E-state index is 0.365. The lowest BCUT2D eigenvalue weighted by Crippen LogP contribution is -2.25. The van der Waals surface area contributed by atoms with Crippen LogP contribution < -0.4 is 10.2 Å². The third-order valence-corrected chi connectivity index (χ3v) is 3.53. The zero-order valence-corrected chi connectivity index (χ0v) is 12.4. The number of rotatable bonds is 4. The molecular formula is C15H26N4. The second kappa shape index (κ2) is 6.73. The highest BCUT2D eigenvalue weighted by Crippen LogP contribution is 2.22. The van der Waals surface area contributed by atoms with Crippen LogP contribution in [-0.4, -0.2) is 29.6 Å². The molecule has 1 saturated heterocycles. The Morgan fingerprint density at radius 2 is 1.84 bits per heavy atom. The summed E-state index contributed by atoms with van der Waals surface area (Å²) in [6.45, 7) is 9.55. The minimum Gasteiger partial charge on any atom is -0.370 e. The molecule has 2 rings (SSSR count). The largest absolute Gasteiger partial charge is 0.370 e. The van der Waals surface area contributed by atoms with E-state index in [9.17, 15) is 0 Å². The Morgan fingerprint density at radius 1 is 1.16 bits per heavy atom. The van der Waals surface area contributed by atoms with E-state index in [0.29, 0.717) is 5.92 Å². The van der Waals surface area contributed by atoms with Crippen molar-refractivity contribution in [2.24, 2.45) is 0 Å². The molecule has 1 aliphatic heterocycles. The molecule has 19 heavy (non-hydrogen) atoms. The van der Waals surface area contributed by atoms with E-state index < -0.39 is 0 Å². The fraction of sp³-hybridized carbons (Fsp3) is 0.733. The van der Waals surface area contributed by atoms with E-state index in [2.05, 4.69) is 42.0 Å². The van der Waals surface area contributed by atoms with Crippen molar-refractivity contribution >= 4 is 11.6 Å². The summed E-state index contributed by atoms with van der Waals surface area (Å²) < 4.78 is 0. The molecular weight excluding hydrogens is 236 g/mol. The lowest BCUT2D eigenvalue weighted by atomic mass is 10.2. The molecule has 0 bridgehead atoms. The van der Waals surface area contributed by atoms with Gasteiger partial charge in [0, 0.05) is 31.6 Å². The first-order valence-corrected chi connectivity index (χ1v) is 7.58. The smallest absolute Gasteiger partial charge is 0.135 e. The Labute approximate surface area is 116 Å². The van der Waals surface area contributed by atoms with Gasteiger partial charge in [0.05, 0.1) is 0 Å². The van der Waals surface area contributed by atoms with Gasteiger partial charge in [-0.1, -0.05) is 26.7 Å². The van der Waals surface area contributed by atoms with Gasteiger partial charge in [-0.25, -0.2) is 9.97 Å². The lowest BCUT2D eigenvalue weighted by Gasteiger charge is -2.23. The van der Waals surface area contributed by atoms with Crippen molar-refractivity contribution in [1.29, 1.82) is 0 Å². The molecule has 4 heteroatoms. The first kappa shape index (κ1) is 14.1. The molecule has 0 amide bonds. The molecule has 1 aromatic heterocycles. The predicted molar refractivity (Wildman–Crippen MR) is 81.0 cm³/mol. The molecule has 0 unspecified atom stereocenters. The molecule has 1 fully saturated rings. The molecule has 1 aromatic rings. The number of anilines is 2. The number of nitrogens with one attached hydrogen (secondary N) is 1. The summed E-state index contributed by atoms with van der Waals surface area (Å²) in [4.78, 5) is 11.8. The highest BCUT2D eigenvalue weighted by molar-refractivity contribution is 5.49. The average Bonchev–Trinajstić information content (AvgIpc) is 2.67. The zero-order chi connectivity index (χ0) is 13.7. The van der Waals surface area contributed by atoms with Crippen LogP contribution >= 0.6 is 0 Å². The van der Waals surface area contributed by atoms with E-state index in [1.807, 2.05) is 0 Å². The van der Waals surface area contributed by atoms with Crippen molar-refractivity contribution in [2.45, 2.75) is 52.4 Å². The van der Waals surface area contributed by atoms with Crippen molar-refractivity contribution in [3.8, 4) is 0 Å². The maximum absolute atomic E-state index is 4.76. The van der Waals surface area contributed by atoms with Gasteiger partial charge in [-0.15, -0.1) is 0 Å². The number of aromatic nitrogens is 2. The third kappa shape index (κ3) is 3.82. The van der Waals surface area contributed by atoms with E-state index in [-0.39, 0.29) is 0 Å². The summed E-state index contributed by atoms with van der Waals surface area (Å²) >= 11 is 0. The summed E-state index contributed by atoms with van der Waals surface area (Å²) in [5.74, 6) is 3.36. The van der Waals surface area contributed by atoms with Crippen LogP contribution in [0.2, 0.25) is 0 Å². The van der Waals surface area contributed by atoms with Gasteiger partial charge >= 0.3 is 0 Å². The van der Waals surface area contributed by atoms with Gasteiger partial charge in [0.2, 0.25) is 0 Å². The van der Waals surface area contributed by atoms with E-state index in [1.54, 1.807) is 0 Å². The fourth-order valence-electron chi connectivity index (χ4n) is 2.44.